The smallest absolute Gasteiger partial charge is 0.0363 e. The molecule has 0 radical (unpaired) electrons. The molecule has 0 fully saturated rings. The molecule has 0 unspecified atom stereocenters. The van der Waals surface area contributed by atoms with E-state index in [1.807, 2.05) is 0 Å². The molecule has 0 aliphatic rings. The van der Waals surface area contributed by atoms with E-state index >= 15 is 0 Å². The summed E-state index contributed by atoms with van der Waals surface area (Å²) in [7, 11) is 2.14. The lowest BCUT2D eigenvalue weighted by Crippen LogP contribution is -2.29. The van der Waals surface area contributed by atoms with Crippen LogP contribution in [0.25, 0.3) is 0 Å². The van der Waals surface area contributed by atoms with E-state index in [-0.39, 0.29) is 6.04 Å². The number of nitrogens with zero attached hydrogens (tertiary/aromatic N) is 1. The molecule has 2 N–H and O–H groups in total. The first kappa shape index (κ1) is 14.0. The predicted octanol–water partition coefficient (Wildman–Crippen LogP) is 3.58. The lowest BCUT2D eigenvalue weighted by atomic mass is 9.96. The third-order valence-corrected chi connectivity index (χ3v) is 2.91. The van der Waals surface area contributed by atoms with Crippen LogP contribution < -0.4 is 10.6 Å². The van der Waals surface area contributed by atoms with Gasteiger partial charge in [0.15, 0.2) is 0 Å². The maximum absolute atomic E-state index is 6.01. The molecule has 1 atom stereocenters. The number of hydrogen-bond acceptors (Lipinski definition) is 2. The van der Waals surface area contributed by atoms with Gasteiger partial charge in [0, 0.05) is 25.3 Å². The van der Waals surface area contributed by atoms with Gasteiger partial charge < -0.3 is 10.6 Å². The Morgan fingerprint density at radius 1 is 1.18 bits per heavy atom. The fourth-order valence-electron chi connectivity index (χ4n) is 2.01. The summed E-state index contributed by atoms with van der Waals surface area (Å²) in [6, 6.07) is 8.77. The minimum absolute atomic E-state index is 0.164. The Bertz CT molecular complexity index is 335. The number of anilines is 1. The highest BCUT2D eigenvalue weighted by molar-refractivity contribution is 5.47. The number of hydrogen-bond donors (Lipinski definition) is 1. The molecule has 1 aromatic carbocycles. The highest BCUT2D eigenvalue weighted by atomic mass is 15.1. The average molecular weight is 234 g/mol. The first-order valence-electron chi connectivity index (χ1n) is 6.40. The summed E-state index contributed by atoms with van der Waals surface area (Å²) in [5.41, 5.74) is 8.80. The zero-order valence-electron chi connectivity index (χ0n) is 11.8. The van der Waals surface area contributed by atoms with Crippen molar-refractivity contribution in [2.75, 3.05) is 18.5 Å². The Kier molecular flexibility index (Phi) is 4.58. The molecule has 1 rings (SSSR count). The van der Waals surface area contributed by atoms with Gasteiger partial charge in [-0.25, -0.2) is 0 Å². The molecular weight excluding hydrogens is 208 g/mol. The van der Waals surface area contributed by atoms with Gasteiger partial charge in [-0.1, -0.05) is 39.8 Å². The molecule has 0 amide bonds. The van der Waals surface area contributed by atoms with Gasteiger partial charge in [0.2, 0.25) is 0 Å². The van der Waals surface area contributed by atoms with E-state index in [4.69, 9.17) is 5.73 Å². The van der Waals surface area contributed by atoms with Gasteiger partial charge in [-0.3, -0.25) is 0 Å². The molecule has 0 saturated carbocycles. The molecule has 0 aliphatic heterocycles. The van der Waals surface area contributed by atoms with Crippen molar-refractivity contribution in [3.05, 3.63) is 29.8 Å². The number of rotatable bonds is 4. The van der Waals surface area contributed by atoms with Crippen molar-refractivity contribution in [2.24, 2.45) is 11.1 Å². The second-order valence-corrected chi connectivity index (χ2v) is 6.02. The lowest BCUT2D eigenvalue weighted by Gasteiger charge is -2.28. The normalized spacial score (nSPS) is 13.5. The largest absolute Gasteiger partial charge is 0.374 e. The molecule has 0 aliphatic carbocycles. The van der Waals surface area contributed by atoms with Gasteiger partial charge in [0.25, 0.3) is 0 Å². The Morgan fingerprint density at radius 2 is 1.71 bits per heavy atom. The van der Waals surface area contributed by atoms with E-state index in [1.165, 1.54) is 11.3 Å². The minimum Gasteiger partial charge on any atom is -0.374 e. The molecule has 96 valence electrons. The van der Waals surface area contributed by atoms with Gasteiger partial charge >= 0.3 is 0 Å². The highest BCUT2D eigenvalue weighted by Gasteiger charge is 2.14. The van der Waals surface area contributed by atoms with E-state index in [0.29, 0.717) is 5.41 Å². The lowest BCUT2D eigenvalue weighted by molar-refractivity contribution is 0.419. The Balaban J connectivity index is 2.74. The second kappa shape index (κ2) is 5.54. The highest BCUT2D eigenvalue weighted by Crippen LogP contribution is 2.22. The van der Waals surface area contributed by atoms with Crippen molar-refractivity contribution >= 4 is 5.69 Å². The fourth-order valence-corrected chi connectivity index (χ4v) is 2.01. The molecule has 0 bridgehead atoms. The SMILES string of the molecule is CC[C@@H](N)c1ccc(N(C)CC(C)(C)C)cc1. The molecule has 2 nitrogen and oxygen atoms in total. The Hall–Kier alpha value is -1.02. The van der Waals surface area contributed by atoms with Gasteiger partial charge in [0.1, 0.15) is 0 Å². The van der Waals surface area contributed by atoms with Gasteiger partial charge in [-0.15, -0.1) is 0 Å². The molecule has 0 aromatic heterocycles. The van der Waals surface area contributed by atoms with E-state index in [9.17, 15) is 0 Å². The average Bonchev–Trinajstić information content (AvgIpc) is 2.26. The molecule has 0 saturated heterocycles. The van der Waals surface area contributed by atoms with Crippen molar-refractivity contribution in [2.45, 2.75) is 40.2 Å². The predicted molar refractivity (Wildman–Crippen MR) is 76.4 cm³/mol. The van der Waals surface area contributed by atoms with Crippen molar-refractivity contribution in [1.29, 1.82) is 0 Å². The van der Waals surface area contributed by atoms with Gasteiger partial charge in [-0.2, -0.15) is 0 Å². The molecule has 17 heavy (non-hydrogen) atoms. The van der Waals surface area contributed by atoms with Crippen LogP contribution in [-0.4, -0.2) is 13.6 Å². The summed E-state index contributed by atoms with van der Waals surface area (Å²) in [5, 5.41) is 0. The van der Waals surface area contributed by atoms with E-state index in [0.717, 1.165) is 13.0 Å². The summed E-state index contributed by atoms with van der Waals surface area (Å²) in [6.07, 6.45) is 0.983. The van der Waals surface area contributed by atoms with Crippen LogP contribution in [0.3, 0.4) is 0 Å². The van der Waals surface area contributed by atoms with Crippen LogP contribution in [0, 0.1) is 5.41 Å². The van der Waals surface area contributed by atoms with Crippen LogP contribution >= 0.6 is 0 Å². The zero-order chi connectivity index (χ0) is 13.1. The van der Waals surface area contributed by atoms with Crippen molar-refractivity contribution in [3.8, 4) is 0 Å². The molecule has 1 aromatic rings. The Labute approximate surface area is 106 Å². The molecular formula is C15H26N2. The molecule has 0 heterocycles. The van der Waals surface area contributed by atoms with Crippen molar-refractivity contribution in [1.82, 2.24) is 0 Å². The third-order valence-electron chi connectivity index (χ3n) is 2.91. The van der Waals surface area contributed by atoms with Crippen LogP contribution in [0.2, 0.25) is 0 Å². The first-order valence-corrected chi connectivity index (χ1v) is 6.40. The number of benzene rings is 1. The monoisotopic (exact) mass is 234 g/mol. The van der Waals surface area contributed by atoms with E-state index in [1.54, 1.807) is 0 Å². The van der Waals surface area contributed by atoms with Crippen molar-refractivity contribution in [3.63, 3.8) is 0 Å². The topological polar surface area (TPSA) is 29.3 Å². The standard InChI is InChI=1S/C15H26N2/c1-6-14(16)12-7-9-13(10-8-12)17(5)11-15(2,3)4/h7-10,14H,6,11,16H2,1-5H3/t14-/m1/s1. The first-order chi connectivity index (χ1) is 7.83. The van der Waals surface area contributed by atoms with Gasteiger partial charge in [-0.05, 0) is 29.5 Å². The summed E-state index contributed by atoms with van der Waals surface area (Å²) in [5.74, 6) is 0. The van der Waals surface area contributed by atoms with Crippen LogP contribution in [0.4, 0.5) is 5.69 Å². The maximum Gasteiger partial charge on any atom is 0.0363 e. The maximum atomic E-state index is 6.01. The van der Waals surface area contributed by atoms with Crippen LogP contribution in [0.15, 0.2) is 24.3 Å². The van der Waals surface area contributed by atoms with Crippen LogP contribution in [0.5, 0.6) is 0 Å². The van der Waals surface area contributed by atoms with Crippen LogP contribution in [-0.2, 0) is 0 Å². The zero-order valence-corrected chi connectivity index (χ0v) is 11.8. The molecule has 2 heteroatoms. The number of nitrogens with two attached hydrogens (primary N) is 1. The quantitative estimate of drug-likeness (QED) is 0.863. The van der Waals surface area contributed by atoms with E-state index < -0.39 is 0 Å². The summed E-state index contributed by atoms with van der Waals surface area (Å²) >= 11 is 0. The van der Waals surface area contributed by atoms with Gasteiger partial charge in [0.05, 0.1) is 0 Å². The minimum atomic E-state index is 0.164. The molecule has 0 spiro atoms. The fraction of sp³-hybridized carbons (Fsp3) is 0.600. The summed E-state index contributed by atoms with van der Waals surface area (Å²) in [6.45, 7) is 9.93. The summed E-state index contributed by atoms with van der Waals surface area (Å²) < 4.78 is 0. The third kappa shape index (κ3) is 4.39. The Morgan fingerprint density at radius 3 is 2.12 bits per heavy atom. The van der Waals surface area contributed by atoms with Crippen LogP contribution in [0.1, 0.15) is 45.7 Å². The van der Waals surface area contributed by atoms with Crippen molar-refractivity contribution < 1.29 is 0 Å². The summed E-state index contributed by atoms with van der Waals surface area (Å²) in [4.78, 5) is 2.29. The van der Waals surface area contributed by atoms with E-state index in [2.05, 4.69) is 63.9 Å². The second-order valence-electron chi connectivity index (χ2n) is 6.02.